The van der Waals surface area contributed by atoms with Crippen molar-refractivity contribution in [1.82, 2.24) is 5.32 Å². The second-order valence-corrected chi connectivity index (χ2v) is 5.89. The van der Waals surface area contributed by atoms with Crippen molar-refractivity contribution in [3.63, 3.8) is 0 Å². The topological polar surface area (TPSA) is 64.3 Å². The first-order valence-electron chi connectivity index (χ1n) is 6.85. The lowest BCUT2D eigenvalue weighted by molar-refractivity contribution is 0.0977. The molecule has 118 valence electrons. The number of carbonyl (C=O) groups is 1. The van der Waals surface area contributed by atoms with Crippen LogP contribution in [0.2, 0.25) is 0 Å². The molecule has 0 radical (unpaired) electrons. The van der Waals surface area contributed by atoms with Crippen molar-refractivity contribution in [3.8, 4) is 0 Å². The number of hydrogen-bond donors (Lipinski definition) is 2. The third-order valence-corrected chi connectivity index (χ3v) is 3.83. The smallest absolute Gasteiger partial charge is 0.257 e. The van der Waals surface area contributed by atoms with Gasteiger partial charge in [0.2, 0.25) is 0 Å². The van der Waals surface area contributed by atoms with Gasteiger partial charge in [-0.2, -0.15) is 0 Å². The number of allylic oxidation sites excluding steroid dienone is 2. The zero-order valence-electron chi connectivity index (χ0n) is 12.2. The average molecular weight is 344 g/mol. The van der Waals surface area contributed by atoms with Gasteiger partial charge in [0.25, 0.3) is 5.91 Å². The quantitative estimate of drug-likeness (QED) is 0.818. The molecular weight excluding hydrogens is 328 g/mol. The van der Waals surface area contributed by atoms with Crippen LogP contribution in [-0.2, 0) is 4.74 Å². The van der Waals surface area contributed by atoms with Crippen molar-refractivity contribution in [2.24, 2.45) is 5.73 Å². The minimum Gasteiger partial charge on any atom is -0.488 e. The number of rotatable bonds is 2. The largest absolute Gasteiger partial charge is 0.488 e. The number of carbonyl (C=O) groups excluding carboxylic acids is 1. The number of hydrogen-bond acceptors (Lipinski definition) is 4. The van der Waals surface area contributed by atoms with Gasteiger partial charge in [0.15, 0.2) is 11.2 Å². The molecule has 4 nitrogen and oxygen atoms in total. The lowest BCUT2D eigenvalue weighted by Crippen LogP contribution is -2.34. The maximum atomic E-state index is 11.2. The van der Waals surface area contributed by atoms with E-state index in [0.29, 0.717) is 5.56 Å². The zero-order chi connectivity index (χ0) is 16.5. The van der Waals surface area contributed by atoms with Gasteiger partial charge in [-0.25, -0.2) is 0 Å². The zero-order valence-corrected chi connectivity index (χ0v) is 13.8. The molecule has 2 heterocycles. The van der Waals surface area contributed by atoms with Gasteiger partial charge >= 0.3 is 0 Å². The van der Waals surface area contributed by atoms with Crippen LogP contribution in [0.15, 0.2) is 72.3 Å². The van der Waals surface area contributed by atoms with Gasteiger partial charge in [0.05, 0.1) is 6.26 Å². The summed E-state index contributed by atoms with van der Waals surface area (Å²) >= 11 is 6.24. The Morgan fingerprint density at radius 1 is 1.17 bits per heavy atom. The van der Waals surface area contributed by atoms with Crippen LogP contribution in [0.3, 0.4) is 0 Å². The van der Waals surface area contributed by atoms with Gasteiger partial charge in [-0.15, -0.1) is 11.3 Å². The second-order valence-electron chi connectivity index (χ2n) is 4.47. The van der Waals surface area contributed by atoms with E-state index < -0.39 is 0 Å². The molecule has 1 aromatic carbocycles. The Labute approximate surface area is 144 Å². The Kier molecular flexibility index (Phi) is 6.53. The number of thiocarbonyl (C=S) groups is 1. The standard InChI is InChI=1S/C9H8OS.C8H8N2OS/c1-2-6-10-8(4-1)9-5-3-7-11-9;9-8(12)10-7(11)6-4-2-1-3-5-6/h1-8H;1-5H,(H3,9,10,11,12). The number of nitrogens with two attached hydrogens (primary N) is 1. The molecule has 0 spiro atoms. The number of thiophene rings is 1. The van der Waals surface area contributed by atoms with Crippen LogP contribution in [0.25, 0.3) is 0 Å². The normalized spacial score (nSPS) is 15.0. The summed E-state index contributed by atoms with van der Waals surface area (Å²) < 4.78 is 5.37. The van der Waals surface area contributed by atoms with Crippen LogP contribution >= 0.6 is 23.6 Å². The Bertz CT molecular complexity index is 695. The molecule has 0 bridgehead atoms. The Morgan fingerprint density at radius 2 is 1.96 bits per heavy atom. The second kappa shape index (κ2) is 8.87. The van der Waals surface area contributed by atoms with Crippen molar-refractivity contribution in [2.75, 3.05) is 0 Å². The molecule has 23 heavy (non-hydrogen) atoms. The van der Waals surface area contributed by atoms with Crippen LogP contribution in [0.1, 0.15) is 21.3 Å². The minimum absolute atomic E-state index is 0.0103. The molecule has 1 atom stereocenters. The summed E-state index contributed by atoms with van der Waals surface area (Å²) in [5, 5.41) is 4.38. The van der Waals surface area contributed by atoms with Gasteiger partial charge < -0.3 is 10.5 Å². The number of amides is 1. The lowest BCUT2D eigenvalue weighted by Gasteiger charge is -2.12. The molecule has 0 aliphatic carbocycles. The Balaban J connectivity index is 0.000000167. The van der Waals surface area contributed by atoms with Crippen LogP contribution in [0, 0.1) is 0 Å². The Morgan fingerprint density at radius 3 is 2.52 bits per heavy atom. The maximum absolute atomic E-state index is 11.2. The van der Waals surface area contributed by atoms with Gasteiger partial charge in [-0.3, -0.25) is 10.1 Å². The van der Waals surface area contributed by atoms with Gasteiger partial charge in [0, 0.05) is 10.4 Å². The highest BCUT2D eigenvalue weighted by atomic mass is 32.1. The highest BCUT2D eigenvalue weighted by Gasteiger charge is 2.09. The van der Waals surface area contributed by atoms with E-state index in [9.17, 15) is 4.79 Å². The molecule has 1 unspecified atom stereocenters. The van der Waals surface area contributed by atoms with E-state index in [0.717, 1.165) is 0 Å². The van der Waals surface area contributed by atoms with E-state index in [-0.39, 0.29) is 17.1 Å². The van der Waals surface area contributed by atoms with E-state index >= 15 is 0 Å². The first-order chi connectivity index (χ1) is 11.2. The molecule has 3 N–H and O–H groups in total. The van der Waals surface area contributed by atoms with Gasteiger partial charge in [-0.05, 0) is 47.9 Å². The summed E-state index contributed by atoms with van der Waals surface area (Å²) in [4.78, 5) is 12.4. The molecule has 0 saturated heterocycles. The maximum Gasteiger partial charge on any atom is 0.257 e. The van der Waals surface area contributed by atoms with Gasteiger partial charge in [-0.1, -0.05) is 30.3 Å². The highest BCUT2D eigenvalue weighted by Crippen LogP contribution is 2.25. The van der Waals surface area contributed by atoms with Crippen molar-refractivity contribution < 1.29 is 9.53 Å². The third kappa shape index (κ3) is 5.69. The molecular formula is C17H16N2O2S2. The summed E-state index contributed by atoms with van der Waals surface area (Å²) in [5.41, 5.74) is 5.68. The van der Waals surface area contributed by atoms with Crippen molar-refractivity contribution in [2.45, 2.75) is 6.10 Å². The van der Waals surface area contributed by atoms with E-state index in [2.05, 4.69) is 29.0 Å². The monoisotopic (exact) mass is 344 g/mol. The van der Waals surface area contributed by atoms with Crippen LogP contribution in [-0.4, -0.2) is 11.0 Å². The molecule has 6 heteroatoms. The fraction of sp³-hybridized carbons (Fsp3) is 0.0588. The first kappa shape index (κ1) is 16.9. The van der Waals surface area contributed by atoms with Crippen molar-refractivity contribution >= 4 is 34.6 Å². The highest BCUT2D eigenvalue weighted by molar-refractivity contribution is 7.80. The van der Waals surface area contributed by atoms with Crippen LogP contribution < -0.4 is 11.1 Å². The summed E-state index contributed by atoms with van der Waals surface area (Å²) in [6, 6.07) is 12.9. The first-order valence-corrected chi connectivity index (χ1v) is 8.13. The number of benzene rings is 1. The van der Waals surface area contributed by atoms with E-state index in [1.807, 2.05) is 30.4 Å². The molecule has 1 amide bonds. The number of ether oxygens (including phenoxy) is 1. The fourth-order valence-electron chi connectivity index (χ4n) is 1.77. The molecule has 1 aliphatic rings. The minimum atomic E-state index is -0.275. The van der Waals surface area contributed by atoms with Crippen molar-refractivity contribution in [1.29, 1.82) is 0 Å². The van der Waals surface area contributed by atoms with Crippen LogP contribution in [0.5, 0.6) is 0 Å². The predicted octanol–water partition coefficient (Wildman–Crippen LogP) is 3.55. The summed E-state index contributed by atoms with van der Waals surface area (Å²) in [6.07, 6.45) is 7.81. The third-order valence-electron chi connectivity index (χ3n) is 2.80. The summed E-state index contributed by atoms with van der Waals surface area (Å²) in [6.45, 7) is 0. The van der Waals surface area contributed by atoms with Gasteiger partial charge in [0.1, 0.15) is 0 Å². The molecule has 0 saturated carbocycles. The molecule has 3 rings (SSSR count). The molecule has 2 aromatic rings. The number of nitrogens with one attached hydrogen (secondary N) is 1. The summed E-state index contributed by atoms with van der Waals surface area (Å²) in [5.74, 6) is -0.275. The Hall–Kier alpha value is -2.44. The predicted molar refractivity (Wildman–Crippen MR) is 97.1 cm³/mol. The SMILES string of the molecule is C1=COC(c2cccs2)C=C1.NC(=S)NC(=O)c1ccccc1. The van der Waals surface area contributed by atoms with Crippen LogP contribution in [0.4, 0.5) is 0 Å². The average Bonchev–Trinajstić information content (AvgIpc) is 3.11. The van der Waals surface area contributed by atoms with E-state index in [1.54, 1.807) is 41.9 Å². The lowest BCUT2D eigenvalue weighted by atomic mass is 10.2. The summed E-state index contributed by atoms with van der Waals surface area (Å²) in [7, 11) is 0. The fourth-order valence-corrected chi connectivity index (χ4v) is 2.61. The van der Waals surface area contributed by atoms with E-state index in [1.165, 1.54) is 4.88 Å². The molecule has 1 aliphatic heterocycles. The molecule has 1 aromatic heterocycles. The molecule has 0 fully saturated rings. The van der Waals surface area contributed by atoms with E-state index in [4.69, 9.17) is 10.5 Å². The van der Waals surface area contributed by atoms with Crippen molar-refractivity contribution in [3.05, 3.63) is 82.8 Å².